The Morgan fingerprint density at radius 1 is 1.50 bits per heavy atom. The number of urea groups is 1. The molecular formula is C13H18N4O. The molecule has 0 atom stereocenters. The summed E-state index contributed by atoms with van der Waals surface area (Å²) >= 11 is 0. The lowest BCUT2D eigenvalue weighted by Gasteiger charge is -2.23. The number of aromatic nitrogens is 1. The Bertz CT molecular complexity index is 444. The molecule has 0 saturated heterocycles. The van der Waals surface area contributed by atoms with Crippen molar-refractivity contribution in [2.24, 2.45) is 0 Å². The average Bonchev–Trinajstić information content (AvgIpc) is 2.40. The fourth-order valence-electron chi connectivity index (χ4n) is 1.79. The zero-order valence-corrected chi connectivity index (χ0v) is 10.5. The molecule has 5 heteroatoms. The summed E-state index contributed by atoms with van der Waals surface area (Å²) in [7, 11) is 0. The minimum Gasteiger partial charge on any atom is -0.291 e. The molecule has 1 aliphatic rings. The number of hydrogen-bond acceptors (Lipinski definition) is 3. The van der Waals surface area contributed by atoms with Crippen LogP contribution in [0.25, 0.3) is 0 Å². The Hall–Kier alpha value is -1.88. The van der Waals surface area contributed by atoms with Gasteiger partial charge in [-0.1, -0.05) is 19.1 Å². The van der Waals surface area contributed by atoms with Gasteiger partial charge in [0.1, 0.15) is 5.82 Å². The largest absolute Gasteiger partial charge is 0.334 e. The van der Waals surface area contributed by atoms with E-state index in [1.165, 1.54) is 0 Å². The predicted octanol–water partition coefficient (Wildman–Crippen LogP) is 1.94. The fraction of sp³-hybridized carbons (Fsp3) is 0.385. The number of aryl methyl sites for hydroxylation is 1. The van der Waals surface area contributed by atoms with Crippen LogP contribution in [-0.2, 0) is 6.42 Å². The monoisotopic (exact) mass is 246 g/mol. The Morgan fingerprint density at radius 2 is 2.39 bits per heavy atom. The molecule has 2 N–H and O–H groups in total. The van der Waals surface area contributed by atoms with Gasteiger partial charge >= 0.3 is 6.03 Å². The van der Waals surface area contributed by atoms with Crippen LogP contribution in [0.3, 0.4) is 0 Å². The molecule has 96 valence electrons. The van der Waals surface area contributed by atoms with Crippen molar-refractivity contribution in [2.75, 3.05) is 18.4 Å². The minimum absolute atomic E-state index is 0.244. The van der Waals surface area contributed by atoms with Gasteiger partial charge in [0.25, 0.3) is 0 Å². The quantitative estimate of drug-likeness (QED) is 0.801. The van der Waals surface area contributed by atoms with Crippen LogP contribution in [0, 0.1) is 0 Å². The first-order chi connectivity index (χ1) is 8.78. The van der Waals surface area contributed by atoms with E-state index in [1.54, 1.807) is 6.20 Å². The van der Waals surface area contributed by atoms with Crippen LogP contribution in [0.1, 0.15) is 18.9 Å². The summed E-state index contributed by atoms with van der Waals surface area (Å²) in [5.74, 6) is 0.583. The first-order valence-electron chi connectivity index (χ1n) is 6.20. The summed E-state index contributed by atoms with van der Waals surface area (Å²) in [6, 6.07) is 3.58. The highest BCUT2D eigenvalue weighted by atomic mass is 16.2. The molecule has 0 aromatic carbocycles. The van der Waals surface area contributed by atoms with E-state index in [4.69, 9.17) is 0 Å². The van der Waals surface area contributed by atoms with Crippen molar-refractivity contribution in [3.05, 3.63) is 36.0 Å². The van der Waals surface area contributed by atoms with E-state index in [0.717, 1.165) is 31.5 Å². The van der Waals surface area contributed by atoms with Crippen LogP contribution in [0.15, 0.2) is 30.5 Å². The van der Waals surface area contributed by atoms with Crippen molar-refractivity contribution in [1.29, 1.82) is 0 Å². The van der Waals surface area contributed by atoms with Gasteiger partial charge in [-0.25, -0.2) is 14.8 Å². The highest BCUT2D eigenvalue weighted by Crippen LogP contribution is 2.07. The molecule has 5 nitrogen and oxygen atoms in total. The van der Waals surface area contributed by atoms with Gasteiger partial charge in [0.2, 0.25) is 0 Å². The maximum atomic E-state index is 11.8. The smallest absolute Gasteiger partial charge is 0.291 e. The maximum absolute atomic E-state index is 11.8. The molecule has 2 rings (SSSR count). The summed E-state index contributed by atoms with van der Waals surface area (Å²) in [4.78, 5) is 15.9. The second kappa shape index (κ2) is 6.16. The normalized spacial score (nSPS) is 15.4. The molecular weight excluding hydrogens is 228 g/mol. The molecule has 0 saturated carbocycles. The lowest BCUT2D eigenvalue weighted by molar-refractivity contribution is 0.195. The van der Waals surface area contributed by atoms with Crippen LogP contribution in [0.2, 0.25) is 0 Å². The maximum Gasteiger partial charge on any atom is 0.334 e. The number of hydrogen-bond donors (Lipinski definition) is 2. The van der Waals surface area contributed by atoms with Crippen LogP contribution in [-0.4, -0.2) is 29.1 Å². The number of carbonyl (C=O) groups excluding carboxylic acids is 1. The van der Waals surface area contributed by atoms with Gasteiger partial charge in [-0.05, 0) is 30.5 Å². The van der Waals surface area contributed by atoms with Crippen molar-refractivity contribution in [2.45, 2.75) is 19.8 Å². The zero-order valence-electron chi connectivity index (χ0n) is 10.5. The Balaban J connectivity index is 1.88. The average molecular weight is 246 g/mol. The van der Waals surface area contributed by atoms with Gasteiger partial charge < -0.3 is 0 Å². The molecule has 0 spiro atoms. The van der Waals surface area contributed by atoms with E-state index in [9.17, 15) is 4.79 Å². The van der Waals surface area contributed by atoms with Crippen molar-refractivity contribution in [1.82, 2.24) is 15.4 Å². The first kappa shape index (κ1) is 12.6. The van der Waals surface area contributed by atoms with Gasteiger partial charge in [0, 0.05) is 19.3 Å². The van der Waals surface area contributed by atoms with E-state index in [1.807, 2.05) is 23.2 Å². The highest BCUT2D eigenvalue weighted by Gasteiger charge is 2.10. The van der Waals surface area contributed by atoms with E-state index in [-0.39, 0.29) is 6.03 Å². The van der Waals surface area contributed by atoms with Gasteiger partial charge in [-0.15, -0.1) is 0 Å². The van der Waals surface area contributed by atoms with Crippen molar-refractivity contribution in [3.63, 3.8) is 0 Å². The summed E-state index contributed by atoms with van der Waals surface area (Å²) in [5.41, 5.74) is 3.95. The molecule has 18 heavy (non-hydrogen) atoms. The summed E-state index contributed by atoms with van der Waals surface area (Å²) in [6.45, 7) is 3.65. The van der Waals surface area contributed by atoms with Gasteiger partial charge in [-0.3, -0.25) is 10.7 Å². The molecule has 0 bridgehead atoms. The number of nitrogens with zero attached hydrogens (tertiary/aromatic N) is 2. The molecule has 1 aliphatic heterocycles. The Morgan fingerprint density at radius 3 is 3.11 bits per heavy atom. The van der Waals surface area contributed by atoms with E-state index in [0.29, 0.717) is 5.82 Å². The zero-order chi connectivity index (χ0) is 12.8. The Labute approximate surface area is 107 Å². The van der Waals surface area contributed by atoms with Gasteiger partial charge in [0.05, 0.1) is 0 Å². The molecule has 1 aromatic heterocycles. The second-order valence-electron chi connectivity index (χ2n) is 4.17. The van der Waals surface area contributed by atoms with E-state index >= 15 is 0 Å². The van der Waals surface area contributed by atoms with E-state index < -0.39 is 0 Å². The highest BCUT2D eigenvalue weighted by molar-refractivity contribution is 5.87. The number of pyridine rings is 1. The third kappa shape index (κ3) is 3.56. The molecule has 0 radical (unpaired) electrons. The summed E-state index contributed by atoms with van der Waals surface area (Å²) < 4.78 is 0. The topological polar surface area (TPSA) is 57.3 Å². The number of amides is 2. The lowest BCUT2D eigenvalue weighted by atomic mass is 10.2. The number of nitrogens with one attached hydrogen (secondary N) is 2. The summed E-state index contributed by atoms with van der Waals surface area (Å²) in [5, 5.41) is 4.61. The fourth-order valence-corrected chi connectivity index (χ4v) is 1.79. The number of rotatable bonds is 3. The second-order valence-corrected chi connectivity index (χ2v) is 4.17. The number of hydrazine groups is 1. The van der Waals surface area contributed by atoms with Crippen LogP contribution in [0.4, 0.5) is 10.6 Å². The molecule has 1 aromatic rings. The molecule has 0 unspecified atom stereocenters. The standard InChI is InChI=1S/C13H18N4O/c1-2-11-6-7-14-12(10-11)15-13(18)16-17-8-4-3-5-9-17/h3-4,6-7,10H,2,5,8-9H2,1H3,(H2,14,15,16,18). The molecule has 2 amide bonds. The van der Waals surface area contributed by atoms with Crippen molar-refractivity contribution in [3.8, 4) is 0 Å². The van der Waals surface area contributed by atoms with Crippen LogP contribution in [0.5, 0.6) is 0 Å². The number of carbonyl (C=O) groups is 1. The number of anilines is 1. The van der Waals surface area contributed by atoms with Crippen LogP contribution >= 0.6 is 0 Å². The summed E-state index contributed by atoms with van der Waals surface area (Å²) in [6.07, 6.45) is 7.75. The Kier molecular flexibility index (Phi) is 4.30. The third-order valence-corrected chi connectivity index (χ3v) is 2.79. The van der Waals surface area contributed by atoms with Crippen LogP contribution < -0.4 is 10.7 Å². The predicted molar refractivity (Wildman–Crippen MR) is 71.1 cm³/mol. The van der Waals surface area contributed by atoms with E-state index in [2.05, 4.69) is 28.7 Å². The molecule has 0 aliphatic carbocycles. The first-order valence-corrected chi connectivity index (χ1v) is 6.20. The van der Waals surface area contributed by atoms with Crippen molar-refractivity contribution < 1.29 is 4.79 Å². The van der Waals surface area contributed by atoms with Gasteiger partial charge in [-0.2, -0.15) is 0 Å². The minimum atomic E-state index is -0.244. The molecule has 0 fully saturated rings. The molecule has 2 heterocycles. The third-order valence-electron chi connectivity index (χ3n) is 2.79. The SMILES string of the molecule is CCc1ccnc(NC(=O)NN2CC=CCC2)c1. The van der Waals surface area contributed by atoms with Crippen molar-refractivity contribution >= 4 is 11.8 Å². The van der Waals surface area contributed by atoms with Gasteiger partial charge in [0.15, 0.2) is 0 Å². The lowest BCUT2D eigenvalue weighted by Crippen LogP contribution is -2.45.